The van der Waals surface area contributed by atoms with Crippen LogP contribution in [0.15, 0.2) is 12.3 Å². The number of aryl methyl sites for hydroxylation is 1. The van der Waals surface area contributed by atoms with Crippen molar-refractivity contribution in [2.24, 2.45) is 0 Å². The van der Waals surface area contributed by atoms with Gasteiger partial charge in [0, 0.05) is 30.6 Å². The Morgan fingerprint density at radius 2 is 2.25 bits per heavy atom. The van der Waals surface area contributed by atoms with E-state index in [0.29, 0.717) is 4.75 Å². The van der Waals surface area contributed by atoms with E-state index in [-0.39, 0.29) is 0 Å². The van der Waals surface area contributed by atoms with E-state index in [4.69, 9.17) is 0 Å². The van der Waals surface area contributed by atoms with Gasteiger partial charge >= 0.3 is 0 Å². The Labute approximate surface area is 103 Å². The van der Waals surface area contributed by atoms with E-state index in [9.17, 15) is 0 Å². The van der Waals surface area contributed by atoms with Crippen LogP contribution in [0.4, 0.5) is 0 Å². The van der Waals surface area contributed by atoms with Gasteiger partial charge in [-0.25, -0.2) is 0 Å². The van der Waals surface area contributed by atoms with Crippen LogP contribution in [-0.2, 0) is 13.1 Å². The van der Waals surface area contributed by atoms with Crippen LogP contribution in [0.2, 0.25) is 0 Å². The van der Waals surface area contributed by atoms with Crippen molar-refractivity contribution in [1.82, 2.24) is 15.1 Å². The third-order valence-electron chi connectivity index (χ3n) is 2.65. The van der Waals surface area contributed by atoms with Gasteiger partial charge in [-0.05, 0) is 32.6 Å². The average molecular weight is 241 g/mol. The van der Waals surface area contributed by atoms with Crippen LogP contribution in [0.25, 0.3) is 0 Å². The Morgan fingerprint density at radius 3 is 2.88 bits per heavy atom. The Kier molecular flexibility index (Phi) is 5.35. The minimum atomic E-state index is 0.301. The van der Waals surface area contributed by atoms with Gasteiger partial charge in [0.05, 0.1) is 5.69 Å². The van der Waals surface area contributed by atoms with Crippen molar-refractivity contribution in [3.05, 3.63) is 18.0 Å². The van der Waals surface area contributed by atoms with Crippen molar-refractivity contribution in [1.29, 1.82) is 0 Å². The minimum Gasteiger partial charge on any atom is -0.310 e. The minimum absolute atomic E-state index is 0.301. The molecule has 0 saturated heterocycles. The predicted molar refractivity (Wildman–Crippen MR) is 71.8 cm³/mol. The monoisotopic (exact) mass is 241 g/mol. The molecule has 0 fully saturated rings. The second-order valence-electron chi connectivity index (χ2n) is 4.61. The lowest BCUT2D eigenvalue weighted by atomic mass is 10.2. The summed E-state index contributed by atoms with van der Waals surface area (Å²) in [5.74, 6) is 0. The number of aromatic nitrogens is 2. The lowest BCUT2D eigenvalue weighted by Crippen LogP contribution is -2.32. The van der Waals surface area contributed by atoms with Crippen LogP contribution in [0.1, 0.15) is 32.9 Å². The van der Waals surface area contributed by atoms with Crippen molar-refractivity contribution < 1.29 is 0 Å². The second kappa shape index (κ2) is 6.30. The molecular formula is C12H23N3S. The molecule has 0 aromatic carbocycles. The molecule has 1 aromatic heterocycles. The van der Waals surface area contributed by atoms with Crippen LogP contribution >= 0.6 is 11.8 Å². The van der Waals surface area contributed by atoms with Crippen molar-refractivity contribution in [3.8, 4) is 0 Å². The van der Waals surface area contributed by atoms with Gasteiger partial charge in [-0.2, -0.15) is 16.9 Å². The maximum Gasteiger partial charge on any atom is 0.0522 e. The van der Waals surface area contributed by atoms with Crippen molar-refractivity contribution in [2.45, 2.75) is 45.0 Å². The van der Waals surface area contributed by atoms with E-state index in [1.807, 2.05) is 18.0 Å². The van der Waals surface area contributed by atoms with Gasteiger partial charge in [-0.1, -0.05) is 6.92 Å². The van der Waals surface area contributed by atoms with Crippen molar-refractivity contribution in [2.75, 3.05) is 12.8 Å². The molecule has 0 bridgehead atoms. The molecule has 3 nitrogen and oxygen atoms in total. The zero-order valence-electron chi connectivity index (χ0n) is 10.8. The fourth-order valence-electron chi connectivity index (χ4n) is 1.49. The normalized spacial score (nSPS) is 12.0. The molecule has 0 amide bonds. The van der Waals surface area contributed by atoms with Gasteiger partial charge in [0.1, 0.15) is 0 Å². The summed E-state index contributed by atoms with van der Waals surface area (Å²) in [7, 11) is 0. The smallest absolute Gasteiger partial charge is 0.0522 e. The highest BCUT2D eigenvalue weighted by Crippen LogP contribution is 2.19. The standard InChI is InChI=1S/C12H23N3S/c1-5-8-15-11(6-7-14-15)9-13-10-12(2,3)16-4/h6-7,13H,5,8-10H2,1-4H3. The highest BCUT2D eigenvalue weighted by atomic mass is 32.2. The summed E-state index contributed by atoms with van der Waals surface area (Å²) in [6, 6.07) is 2.09. The maximum absolute atomic E-state index is 4.31. The number of thioether (sulfide) groups is 1. The molecule has 1 rings (SSSR count). The molecule has 1 N–H and O–H groups in total. The van der Waals surface area contributed by atoms with Gasteiger partial charge < -0.3 is 5.32 Å². The number of hydrogen-bond donors (Lipinski definition) is 1. The van der Waals surface area contributed by atoms with Gasteiger partial charge in [0.2, 0.25) is 0 Å². The fraction of sp³-hybridized carbons (Fsp3) is 0.750. The molecule has 0 unspecified atom stereocenters. The summed E-state index contributed by atoms with van der Waals surface area (Å²) in [4.78, 5) is 0. The highest BCUT2D eigenvalue weighted by molar-refractivity contribution is 7.99. The van der Waals surface area contributed by atoms with Gasteiger partial charge in [0.15, 0.2) is 0 Å². The Balaban J connectivity index is 2.39. The van der Waals surface area contributed by atoms with Crippen LogP contribution in [0, 0.1) is 0 Å². The Hall–Kier alpha value is -0.480. The third kappa shape index (κ3) is 4.18. The van der Waals surface area contributed by atoms with E-state index in [0.717, 1.165) is 26.1 Å². The summed E-state index contributed by atoms with van der Waals surface area (Å²) >= 11 is 1.89. The van der Waals surface area contributed by atoms with E-state index < -0.39 is 0 Å². The number of nitrogens with zero attached hydrogens (tertiary/aromatic N) is 2. The van der Waals surface area contributed by atoms with Crippen LogP contribution in [-0.4, -0.2) is 27.3 Å². The van der Waals surface area contributed by atoms with E-state index in [2.05, 4.69) is 48.2 Å². The van der Waals surface area contributed by atoms with Crippen LogP contribution < -0.4 is 5.32 Å². The van der Waals surface area contributed by atoms with E-state index >= 15 is 0 Å². The van der Waals surface area contributed by atoms with Crippen LogP contribution in [0.3, 0.4) is 0 Å². The molecule has 0 atom stereocenters. The maximum atomic E-state index is 4.31. The third-order valence-corrected chi connectivity index (χ3v) is 3.90. The molecule has 0 aliphatic heterocycles. The van der Waals surface area contributed by atoms with Gasteiger partial charge in [0.25, 0.3) is 0 Å². The molecule has 1 aromatic rings. The molecule has 0 saturated carbocycles. The summed E-state index contributed by atoms with van der Waals surface area (Å²) in [5, 5.41) is 7.81. The first-order valence-corrected chi connectivity index (χ1v) is 7.08. The van der Waals surface area contributed by atoms with Crippen LogP contribution in [0.5, 0.6) is 0 Å². The van der Waals surface area contributed by atoms with Crippen molar-refractivity contribution in [3.63, 3.8) is 0 Å². The fourth-order valence-corrected chi connectivity index (χ4v) is 1.73. The highest BCUT2D eigenvalue weighted by Gasteiger charge is 2.15. The lowest BCUT2D eigenvalue weighted by Gasteiger charge is -2.22. The number of nitrogens with one attached hydrogen (secondary N) is 1. The summed E-state index contributed by atoms with van der Waals surface area (Å²) in [5.41, 5.74) is 1.28. The zero-order chi connectivity index (χ0) is 12.0. The molecule has 16 heavy (non-hydrogen) atoms. The van der Waals surface area contributed by atoms with E-state index in [1.54, 1.807) is 0 Å². The number of hydrogen-bond acceptors (Lipinski definition) is 3. The summed E-state index contributed by atoms with van der Waals surface area (Å²) < 4.78 is 2.38. The largest absolute Gasteiger partial charge is 0.310 e. The quantitative estimate of drug-likeness (QED) is 0.795. The summed E-state index contributed by atoms with van der Waals surface area (Å²) in [6.07, 6.45) is 5.17. The molecule has 0 spiro atoms. The van der Waals surface area contributed by atoms with Gasteiger partial charge in [-0.15, -0.1) is 0 Å². The molecule has 0 aliphatic rings. The Bertz CT molecular complexity index is 307. The number of rotatable bonds is 7. The lowest BCUT2D eigenvalue weighted by molar-refractivity contribution is 0.531. The van der Waals surface area contributed by atoms with E-state index in [1.165, 1.54) is 5.69 Å². The van der Waals surface area contributed by atoms with Crippen molar-refractivity contribution >= 4 is 11.8 Å². The first-order chi connectivity index (χ1) is 7.59. The molecular weight excluding hydrogens is 218 g/mol. The predicted octanol–water partition coefficient (Wildman–Crippen LogP) is 2.52. The topological polar surface area (TPSA) is 29.9 Å². The first kappa shape index (κ1) is 13.6. The second-order valence-corrected chi connectivity index (χ2v) is 6.13. The zero-order valence-corrected chi connectivity index (χ0v) is 11.6. The van der Waals surface area contributed by atoms with Gasteiger partial charge in [-0.3, -0.25) is 4.68 Å². The molecule has 1 heterocycles. The molecule has 0 aliphatic carbocycles. The Morgan fingerprint density at radius 1 is 1.50 bits per heavy atom. The summed E-state index contributed by atoms with van der Waals surface area (Å²) in [6.45, 7) is 9.63. The molecule has 4 heteroatoms. The first-order valence-electron chi connectivity index (χ1n) is 5.85. The average Bonchev–Trinajstić information content (AvgIpc) is 2.66. The molecule has 0 radical (unpaired) electrons. The molecule has 92 valence electrons. The SMILES string of the molecule is CCCn1nccc1CNCC(C)(C)SC.